The largest absolute Gasteiger partial charge is 0.460 e. The van der Waals surface area contributed by atoms with Crippen molar-refractivity contribution in [1.82, 2.24) is 10.8 Å². The summed E-state index contributed by atoms with van der Waals surface area (Å²) in [4.78, 5) is 39.3. The van der Waals surface area contributed by atoms with Crippen LogP contribution in [0.3, 0.4) is 0 Å². The predicted molar refractivity (Wildman–Crippen MR) is 125 cm³/mol. The summed E-state index contributed by atoms with van der Waals surface area (Å²) in [5.74, 6) is -84.3. The van der Waals surface area contributed by atoms with Crippen molar-refractivity contribution in [1.29, 1.82) is 0 Å². The molecule has 6 nitrogen and oxygen atoms in total. The summed E-state index contributed by atoms with van der Waals surface area (Å²) in [5.41, 5.74) is -0.248. The number of carbonyl (C=O) groups is 3. The normalized spacial score (nSPS) is 15.4. The first-order chi connectivity index (χ1) is 24.3. The van der Waals surface area contributed by atoms with E-state index < -0.39 is 127 Å². The van der Waals surface area contributed by atoms with Gasteiger partial charge in [-0.3, -0.25) is 9.59 Å². The van der Waals surface area contributed by atoms with Gasteiger partial charge in [0.2, 0.25) is 5.91 Å². The van der Waals surface area contributed by atoms with Crippen molar-refractivity contribution in [3.05, 3.63) is 11.8 Å². The van der Waals surface area contributed by atoms with E-state index in [4.69, 9.17) is 0 Å². The summed E-state index contributed by atoms with van der Waals surface area (Å²) < 4.78 is 342. The van der Waals surface area contributed by atoms with Gasteiger partial charge in [0.15, 0.2) is 0 Å². The SMILES string of the molecule is CCCC(=CNC(=O)CCC(F)(F)C(F)(F)C(F)(F)C(F)(F)C(F)(F)C(F)(F)F)C(=O)ONC(=O)CCC(F)(F)C(F)(F)C(F)(F)C(F)(F)C(F)(F)C(F)(F)F. The maximum atomic E-state index is 13.9. The van der Waals surface area contributed by atoms with Crippen LogP contribution in [0.25, 0.3) is 0 Å². The van der Waals surface area contributed by atoms with Crippen LogP contribution in [0, 0.1) is 0 Å². The Morgan fingerprint density at radius 3 is 1.05 bits per heavy atom. The van der Waals surface area contributed by atoms with Crippen LogP contribution in [-0.2, 0) is 19.2 Å². The lowest BCUT2D eigenvalue weighted by Crippen LogP contribution is -2.70. The molecule has 330 valence electrons. The Kier molecular flexibility index (Phi) is 14.9. The number of alkyl halides is 26. The minimum atomic E-state index is -8.25. The van der Waals surface area contributed by atoms with E-state index in [0.717, 1.165) is 12.4 Å². The van der Waals surface area contributed by atoms with Crippen molar-refractivity contribution >= 4 is 17.8 Å². The molecule has 0 aliphatic heterocycles. The van der Waals surface area contributed by atoms with Crippen LogP contribution in [0.15, 0.2) is 11.8 Å². The average Bonchev–Trinajstić information content (AvgIpc) is 3.01. The zero-order valence-electron chi connectivity index (χ0n) is 26.3. The number of rotatable bonds is 18. The van der Waals surface area contributed by atoms with Gasteiger partial charge in [-0.2, -0.15) is 120 Å². The molecule has 2 N–H and O–H groups in total. The van der Waals surface area contributed by atoms with Crippen LogP contribution >= 0.6 is 0 Å². The molecule has 56 heavy (non-hydrogen) atoms. The molecule has 32 heteroatoms. The van der Waals surface area contributed by atoms with Gasteiger partial charge in [-0.05, 0) is 6.42 Å². The van der Waals surface area contributed by atoms with Crippen molar-refractivity contribution in [3.63, 3.8) is 0 Å². The second-order valence-corrected chi connectivity index (χ2v) is 10.9. The van der Waals surface area contributed by atoms with Crippen LogP contribution in [0.1, 0.15) is 45.4 Å². The van der Waals surface area contributed by atoms with Gasteiger partial charge in [0.1, 0.15) is 0 Å². The minimum absolute atomic E-state index is 0.0247. The molecule has 0 unspecified atom stereocenters. The molecule has 2 amide bonds. The van der Waals surface area contributed by atoms with E-state index in [1.165, 1.54) is 5.32 Å². The van der Waals surface area contributed by atoms with Gasteiger partial charge in [0, 0.05) is 31.9 Å². The monoisotopic (exact) mass is 892 g/mol. The summed E-state index contributed by atoms with van der Waals surface area (Å²) in [7, 11) is 0. The van der Waals surface area contributed by atoms with E-state index in [9.17, 15) is 129 Å². The highest BCUT2D eigenvalue weighted by atomic mass is 19.4. The number of carbonyl (C=O) groups excluding carboxylic acids is 3. The smallest absolute Gasteiger partial charge is 0.336 e. The van der Waals surface area contributed by atoms with Crippen molar-refractivity contribution in [2.45, 2.75) is 117 Å². The van der Waals surface area contributed by atoms with E-state index >= 15 is 0 Å². The number of amides is 2. The standard InChI is InChI=1S/C24H18F26N2O4/c1-2-3-9(8-51-10(53)4-6-13(25,26)15(29,30)17(33,34)19(37,38)21(41,42)23(45,46)47)12(55)56-52-11(54)5-7-14(27,28)16(31,32)18(35,36)20(39,40)22(43,44)24(48,49)50/h8H,2-7H2,1H3,(H,51,53)(H,52,54). The molecule has 0 bridgehead atoms. The quantitative estimate of drug-likeness (QED) is 0.0817. The topological polar surface area (TPSA) is 84.5 Å². The second-order valence-electron chi connectivity index (χ2n) is 10.9. The highest BCUT2D eigenvalue weighted by molar-refractivity contribution is 5.90. The molecule has 0 aromatic carbocycles. The number of halogens is 26. The molecule has 0 heterocycles. The molecule has 0 saturated heterocycles. The third-order valence-electron chi connectivity index (χ3n) is 6.78. The van der Waals surface area contributed by atoms with Crippen molar-refractivity contribution in [3.8, 4) is 0 Å². The highest BCUT2D eigenvalue weighted by Crippen LogP contribution is 2.62. The zero-order chi connectivity index (χ0) is 45.4. The molecule has 0 spiro atoms. The highest BCUT2D eigenvalue weighted by Gasteiger charge is 2.92. The molecular weight excluding hydrogens is 874 g/mol. The third kappa shape index (κ3) is 9.21. The minimum Gasteiger partial charge on any atom is -0.336 e. The van der Waals surface area contributed by atoms with Gasteiger partial charge in [-0.25, -0.2) is 4.79 Å². The summed E-state index contributed by atoms with van der Waals surface area (Å²) in [6.07, 6.45) is -27.0. The van der Waals surface area contributed by atoms with Crippen molar-refractivity contribution in [2.24, 2.45) is 0 Å². The third-order valence-corrected chi connectivity index (χ3v) is 6.78. The molecule has 0 rings (SSSR count). The van der Waals surface area contributed by atoms with Crippen LogP contribution < -0.4 is 10.8 Å². The number of hydrogen-bond donors (Lipinski definition) is 2. The van der Waals surface area contributed by atoms with E-state index in [2.05, 4.69) is 4.84 Å². The second kappa shape index (κ2) is 15.9. The summed E-state index contributed by atoms with van der Waals surface area (Å²) in [5, 5.41) is 1.25. The van der Waals surface area contributed by atoms with Crippen LogP contribution in [0.2, 0.25) is 0 Å². The predicted octanol–water partition coefficient (Wildman–Crippen LogP) is 9.40. The van der Waals surface area contributed by atoms with Gasteiger partial charge in [-0.1, -0.05) is 13.3 Å². The first-order valence-electron chi connectivity index (χ1n) is 13.7. The maximum absolute atomic E-state index is 13.9. The number of nitrogens with one attached hydrogen (secondary N) is 2. The Morgan fingerprint density at radius 1 is 0.446 bits per heavy atom. The van der Waals surface area contributed by atoms with E-state index in [1.54, 1.807) is 0 Å². The van der Waals surface area contributed by atoms with Crippen LogP contribution in [0.5, 0.6) is 0 Å². The van der Waals surface area contributed by atoms with Gasteiger partial charge in [0.05, 0.1) is 5.57 Å². The summed E-state index contributed by atoms with van der Waals surface area (Å²) in [6, 6.07) is 0. The zero-order valence-corrected chi connectivity index (χ0v) is 26.3. The lowest BCUT2D eigenvalue weighted by molar-refractivity contribution is -0.440. The van der Waals surface area contributed by atoms with Gasteiger partial charge < -0.3 is 10.2 Å². The molecule has 0 radical (unpaired) electrons. The summed E-state index contributed by atoms with van der Waals surface area (Å²) >= 11 is 0. The maximum Gasteiger partial charge on any atom is 0.460 e. The average molecular weight is 892 g/mol. The number of hydrogen-bond acceptors (Lipinski definition) is 4. The molecular formula is C24H18F26N2O4. The number of hydroxylamine groups is 1. The molecule has 0 aliphatic rings. The molecule has 0 fully saturated rings. The van der Waals surface area contributed by atoms with Crippen LogP contribution in [0.4, 0.5) is 114 Å². The van der Waals surface area contributed by atoms with Gasteiger partial charge >= 0.3 is 77.5 Å². The first kappa shape index (κ1) is 52.3. The Bertz CT molecular complexity index is 1450. The van der Waals surface area contributed by atoms with E-state index in [-0.39, 0.29) is 12.6 Å². The van der Waals surface area contributed by atoms with E-state index in [1.807, 2.05) is 0 Å². The Balaban J connectivity index is 5.76. The van der Waals surface area contributed by atoms with Crippen molar-refractivity contribution in [2.75, 3.05) is 0 Å². The molecule has 0 aromatic heterocycles. The van der Waals surface area contributed by atoms with E-state index in [0.29, 0.717) is 0 Å². The molecule has 0 aliphatic carbocycles. The summed E-state index contributed by atoms with van der Waals surface area (Å²) in [6.45, 7) is 1.15. The fourth-order valence-corrected chi connectivity index (χ4v) is 3.42. The Morgan fingerprint density at radius 2 is 0.750 bits per heavy atom. The molecule has 0 aromatic rings. The van der Waals surface area contributed by atoms with Crippen molar-refractivity contribution < 1.29 is 133 Å². The fourth-order valence-electron chi connectivity index (χ4n) is 3.42. The Hall–Kier alpha value is -3.67. The molecule has 0 atom stereocenters. The van der Waals surface area contributed by atoms with Crippen LogP contribution in [-0.4, -0.2) is 89.4 Å². The first-order valence-corrected chi connectivity index (χ1v) is 13.7. The van der Waals surface area contributed by atoms with Gasteiger partial charge in [-0.15, -0.1) is 0 Å². The fraction of sp³-hybridized carbons (Fsp3) is 0.792. The molecule has 0 saturated carbocycles. The lowest BCUT2D eigenvalue weighted by Gasteiger charge is -2.39. The lowest BCUT2D eigenvalue weighted by atomic mass is 9.92. The van der Waals surface area contributed by atoms with Gasteiger partial charge in [0.25, 0.3) is 5.91 Å². The Labute approximate surface area is 291 Å².